The van der Waals surface area contributed by atoms with Crippen LogP contribution in [0.3, 0.4) is 0 Å². The highest BCUT2D eigenvalue weighted by molar-refractivity contribution is 6.42. The Morgan fingerprint density at radius 2 is 1.61 bits per heavy atom. The molecule has 0 unspecified atom stereocenters. The molecule has 0 aliphatic carbocycles. The van der Waals surface area contributed by atoms with Crippen molar-refractivity contribution in [1.29, 1.82) is 0 Å². The van der Waals surface area contributed by atoms with Gasteiger partial charge >= 0.3 is 0 Å². The predicted octanol–water partition coefficient (Wildman–Crippen LogP) is 4.69. The van der Waals surface area contributed by atoms with E-state index in [1.54, 1.807) is 43.3 Å². The topological polar surface area (TPSA) is 122 Å². The summed E-state index contributed by atoms with van der Waals surface area (Å²) < 4.78 is 0. The number of carbonyl (C=O) groups is 4. The second-order valence-corrected chi connectivity index (χ2v) is 10.8. The van der Waals surface area contributed by atoms with Crippen LogP contribution in [0.5, 0.6) is 0 Å². The van der Waals surface area contributed by atoms with Gasteiger partial charge in [0.25, 0.3) is 0 Å². The summed E-state index contributed by atoms with van der Waals surface area (Å²) in [4.78, 5) is 54.4. The molecule has 3 aromatic rings. The number of Topliss-reactive ketones (excluding diaryl/α,β-unsaturated/α-hetero) is 1. The number of anilines is 1. The smallest absolute Gasteiger partial charge is 0.247 e. The molecule has 0 aromatic heterocycles. The molecular weight excluding hydrogens is 563 g/mol. The molecule has 8 nitrogen and oxygen atoms in total. The largest absolute Gasteiger partial charge is 0.342 e. The zero-order valence-corrected chi connectivity index (χ0v) is 24.2. The molecule has 0 fully saturated rings. The first-order chi connectivity index (χ1) is 19.7. The average molecular weight is 596 g/mol. The first-order valence-electron chi connectivity index (χ1n) is 13.4. The second-order valence-electron chi connectivity index (χ2n) is 10.0. The fourth-order valence-corrected chi connectivity index (χ4v) is 5.24. The number of nitrogens with one attached hydrogen (secondary N) is 2. The summed E-state index contributed by atoms with van der Waals surface area (Å²) in [6.45, 7) is 2.15. The van der Waals surface area contributed by atoms with E-state index in [-0.39, 0.29) is 55.5 Å². The Balaban J connectivity index is 1.50. The molecule has 10 heteroatoms. The molecule has 1 aliphatic heterocycles. The third-order valence-electron chi connectivity index (χ3n) is 7.15. The lowest BCUT2D eigenvalue weighted by atomic mass is 9.92. The third-order valence-corrected chi connectivity index (χ3v) is 7.87. The highest BCUT2D eigenvalue weighted by Crippen LogP contribution is 2.29. The van der Waals surface area contributed by atoms with E-state index >= 15 is 0 Å². The molecule has 0 radical (unpaired) electrons. The van der Waals surface area contributed by atoms with Gasteiger partial charge in [-0.1, -0.05) is 77.8 Å². The lowest BCUT2D eigenvalue weighted by Crippen LogP contribution is -2.56. The number of nitrogens with two attached hydrogens (primary N) is 1. The van der Waals surface area contributed by atoms with Crippen molar-refractivity contribution in [2.24, 2.45) is 5.73 Å². The molecule has 0 saturated heterocycles. The van der Waals surface area contributed by atoms with Crippen molar-refractivity contribution < 1.29 is 19.2 Å². The Kier molecular flexibility index (Phi) is 10.2. The van der Waals surface area contributed by atoms with Crippen LogP contribution in [0.25, 0.3) is 0 Å². The minimum absolute atomic E-state index is 0.0243. The zero-order chi connectivity index (χ0) is 29.5. The molecule has 0 spiro atoms. The SMILES string of the molecule is Cc1cc(Cl)c(Cl)cc1NC(=O)[C@H](CCN)NC(=O)[C@@H]1Cc2ccccc2CN1C(=O)CCC(=O)c1ccccc1. The Bertz CT molecular complexity index is 1450. The first-order valence-corrected chi connectivity index (χ1v) is 14.1. The van der Waals surface area contributed by atoms with Crippen LogP contribution in [-0.4, -0.2) is 47.0 Å². The van der Waals surface area contributed by atoms with Crippen molar-refractivity contribution in [2.45, 2.75) is 51.2 Å². The lowest BCUT2D eigenvalue weighted by Gasteiger charge is -2.36. The summed E-state index contributed by atoms with van der Waals surface area (Å²) >= 11 is 12.2. The number of nitrogens with zero attached hydrogens (tertiary/aromatic N) is 1. The standard InChI is InChI=1S/C31H32Cl2N4O4/c1-19-15-23(32)24(33)17-26(19)36-30(40)25(13-14-34)35-31(41)27-16-21-9-5-6-10-22(21)18-37(27)29(39)12-11-28(38)20-7-3-2-4-8-20/h2-10,15,17,25,27H,11-14,16,18,34H2,1H3,(H,35,41)(H,36,40)/t25-,27-/m0/s1. The van der Waals surface area contributed by atoms with Crippen molar-refractivity contribution in [2.75, 3.05) is 11.9 Å². The lowest BCUT2D eigenvalue weighted by molar-refractivity contribution is -0.142. The molecule has 41 heavy (non-hydrogen) atoms. The number of amides is 3. The van der Waals surface area contributed by atoms with Gasteiger partial charge in [-0.05, 0) is 48.7 Å². The van der Waals surface area contributed by atoms with Gasteiger partial charge in [-0.15, -0.1) is 0 Å². The molecule has 1 heterocycles. The molecule has 4 rings (SSSR count). The van der Waals surface area contributed by atoms with Crippen LogP contribution in [0, 0.1) is 6.92 Å². The number of hydrogen-bond acceptors (Lipinski definition) is 5. The quantitative estimate of drug-likeness (QED) is 0.294. The van der Waals surface area contributed by atoms with Crippen LogP contribution >= 0.6 is 23.2 Å². The number of hydrogen-bond donors (Lipinski definition) is 3. The Morgan fingerprint density at radius 3 is 2.32 bits per heavy atom. The van der Waals surface area contributed by atoms with E-state index in [1.165, 1.54) is 4.90 Å². The predicted molar refractivity (Wildman–Crippen MR) is 160 cm³/mol. The molecule has 3 aromatic carbocycles. The van der Waals surface area contributed by atoms with Gasteiger partial charge < -0.3 is 21.3 Å². The molecule has 2 atom stereocenters. The van der Waals surface area contributed by atoms with E-state index in [2.05, 4.69) is 10.6 Å². The molecule has 214 valence electrons. The van der Waals surface area contributed by atoms with Gasteiger partial charge in [0.1, 0.15) is 12.1 Å². The number of aryl methyl sites for hydroxylation is 1. The van der Waals surface area contributed by atoms with Crippen molar-refractivity contribution in [3.63, 3.8) is 0 Å². The van der Waals surface area contributed by atoms with Crippen molar-refractivity contribution in [3.05, 3.63) is 99.0 Å². The number of benzene rings is 3. The normalized spacial score (nSPS) is 15.0. The zero-order valence-electron chi connectivity index (χ0n) is 22.7. The van der Waals surface area contributed by atoms with Gasteiger partial charge in [-0.3, -0.25) is 19.2 Å². The number of carbonyl (C=O) groups excluding carboxylic acids is 4. The van der Waals surface area contributed by atoms with Crippen LogP contribution in [0.2, 0.25) is 10.0 Å². The summed E-state index contributed by atoms with van der Waals surface area (Å²) in [5, 5.41) is 6.26. The number of ketones is 1. The van der Waals surface area contributed by atoms with E-state index in [0.717, 1.165) is 11.1 Å². The number of halogens is 2. The van der Waals surface area contributed by atoms with Gasteiger partial charge in [0.15, 0.2) is 5.78 Å². The van der Waals surface area contributed by atoms with Gasteiger partial charge in [0, 0.05) is 37.1 Å². The van der Waals surface area contributed by atoms with Crippen LogP contribution in [0.1, 0.15) is 46.3 Å². The minimum atomic E-state index is -0.949. The molecule has 3 amide bonds. The number of fused-ring (bicyclic) bond motifs is 1. The van der Waals surface area contributed by atoms with E-state index in [4.69, 9.17) is 28.9 Å². The maximum Gasteiger partial charge on any atom is 0.247 e. The van der Waals surface area contributed by atoms with Crippen LogP contribution in [0.4, 0.5) is 5.69 Å². The van der Waals surface area contributed by atoms with E-state index in [1.807, 2.05) is 30.3 Å². The Labute approximate surface area is 249 Å². The van der Waals surface area contributed by atoms with Gasteiger partial charge in [-0.2, -0.15) is 0 Å². The highest BCUT2D eigenvalue weighted by Gasteiger charge is 2.36. The molecular formula is C31H32Cl2N4O4. The first kappa shape index (κ1) is 30.2. The number of rotatable bonds is 10. The minimum Gasteiger partial charge on any atom is -0.342 e. The van der Waals surface area contributed by atoms with Gasteiger partial charge in [0.2, 0.25) is 17.7 Å². The third kappa shape index (κ3) is 7.52. The highest BCUT2D eigenvalue weighted by atomic mass is 35.5. The molecule has 4 N–H and O–H groups in total. The monoisotopic (exact) mass is 594 g/mol. The molecule has 0 bridgehead atoms. The van der Waals surface area contributed by atoms with Gasteiger partial charge in [-0.25, -0.2) is 0 Å². The van der Waals surface area contributed by atoms with Crippen molar-refractivity contribution >= 4 is 52.4 Å². The Hall–Kier alpha value is -3.72. The summed E-state index contributed by atoms with van der Waals surface area (Å²) in [6, 6.07) is 17.8. The van der Waals surface area contributed by atoms with Gasteiger partial charge in [0.05, 0.1) is 10.0 Å². The molecule has 0 saturated carbocycles. The van der Waals surface area contributed by atoms with E-state index < -0.39 is 23.9 Å². The van der Waals surface area contributed by atoms with E-state index in [9.17, 15) is 19.2 Å². The second kappa shape index (κ2) is 13.8. The maximum atomic E-state index is 13.7. The fraction of sp³-hybridized carbons (Fsp3) is 0.290. The summed E-state index contributed by atoms with van der Waals surface area (Å²) in [6.07, 6.45) is 0.448. The molecule has 1 aliphatic rings. The van der Waals surface area contributed by atoms with Crippen molar-refractivity contribution in [3.8, 4) is 0 Å². The van der Waals surface area contributed by atoms with Crippen molar-refractivity contribution in [1.82, 2.24) is 10.2 Å². The average Bonchev–Trinajstić information content (AvgIpc) is 2.97. The maximum absolute atomic E-state index is 13.7. The van der Waals surface area contributed by atoms with E-state index in [0.29, 0.717) is 21.8 Å². The summed E-state index contributed by atoms with van der Waals surface area (Å²) in [7, 11) is 0. The van der Waals surface area contributed by atoms with Crippen LogP contribution in [0.15, 0.2) is 66.7 Å². The Morgan fingerprint density at radius 1 is 0.951 bits per heavy atom. The fourth-order valence-electron chi connectivity index (χ4n) is 4.86. The summed E-state index contributed by atoms with van der Waals surface area (Å²) in [5.41, 5.74) is 9.36. The van der Waals surface area contributed by atoms with Crippen LogP contribution in [-0.2, 0) is 27.3 Å². The summed E-state index contributed by atoms with van der Waals surface area (Å²) in [5.74, 6) is -1.39. The van der Waals surface area contributed by atoms with Crippen LogP contribution < -0.4 is 16.4 Å².